The highest BCUT2D eigenvalue weighted by atomic mass is 32.2. The van der Waals surface area contributed by atoms with E-state index >= 15 is 0 Å². The van der Waals surface area contributed by atoms with Gasteiger partial charge in [-0.05, 0) is 84.6 Å². The third-order valence-electron chi connectivity index (χ3n) is 8.95. The average molecular weight is 706 g/mol. The van der Waals surface area contributed by atoms with Gasteiger partial charge in [0.1, 0.15) is 29.9 Å². The number of nitrogens with one attached hydrogen (secondary N) is 1. The average Bonchev–Trinajstić information content (AvgIpc) is 3.67. The van der Waals surface area contributed by atoms with Crippen LogP contribution in [0.5, 0.6) is 11.5 Å². The summed E-state index contributed by atoms with van der Waals surface area (Å²) in [5.74, 6) is -0.243. The van der Waals surface area contributed by atoms with E-state index in [9.17, 15) is 22.4 Å². The first-order valence-corrected chi connectivity index (χ1v) is 18.5. The number of hydrogen-bond donors (Lipinski definition) is 1. The minimum absolute atomic E-state index is 0.00677. The number of halogens is 1. The van der Waals surface area contributed by atoms with Crippen LogP contribution in [0.3, 0.4) is 0 Å². The van der Waals surface area contributed by atoms with E-state index in [1.165, 1.54) is 29.2 Å². The smallest absolute Gasteiger partial charge is 0.264 e. The molecule has 5 aromatic rings. The molecule has 5 aromatic carbocycles. The van der Waals surface area contributed by atoms with Crippen molar-refractivity contribution >= 4 is 27.5 Å². The Morgan fingerprint density at radius 2 is 1.29 bits per heavy atom. The maximum Gasteiger partial charge on any atom is 0.264 e. The summed E-state index contributed by atoms with van der Waals surface area (Å²) < 4.78 is 49.5. The Labute approximate surface area is 298 Å². The van der Waals surface area contributed by atoms with Crippen molar-refractivity contribution in [3.05, 3.63) is 156 Å². The van der Waals surface area contributed by atoms with Crippen LogP contribution in [0.25, 0.3) is 0 Å². The highest BCUT2D eigenvalue weighted by molar-refractivity contribution is 7.92. The number of carbonyl (C=O) groups excluding carboxylic acids is 2. The van der Waals surface area contributed by atoms with Gasteiger partial charge in [0.2, 0.25) is 11.8 Å². The van der Waals surface area contributed by atoms with Crippen molar-refractivity contribution in [1.29, 1.82) is 0 Å². The van der Waals surface area contributed by atoms with Crippen molar-refractivity contribution in [3.8, 4) is 11.5 Å². The maximum absolute atomic E-state index is 14.7. The van der Waals surface area contributed by atoms with Gasteiger partial charge < -0.3 is 15.0 Å². The molecule has 8 nitrogen and oxygen atoms in total. The lowest BCUT2D eigenvalue weighted by molar-refractivity contribution is -0.140. The van der Waals surface area contributed by atoms with E-state index in [4.69, 9.17) is 4.74 Å². The van der Waals surface area contributed by atoms with Crippen LogP contribution in [0.4, 0.5) is 10.1 Å². The molecule has 1 fully saturated rings. The Balaban J connectivity index is 1.37. The van der Waals surface area contributed by atoms with E-state index in [1.807, 2.05) is 60.7 Å². The molecule has 0 aromatic heterocycles. The summed E-state index contributed by atoms with van der Waals surface area (Å²) in [4.78, 5) is 30.3. The molecular weight excluding hydrogens is 666 g/mol. The molecule has 6 rings (SSSR count). The van der Waals surface area contributed by atoms with Crippen molar-refractivity contribution in [2.75, 3.05) is 10.8 Å². The highest BCUT2D eigenvalue weighted by Crippen LogP contribution is 2.29. The number of ether oxygens (including phenoxy) is 1. The van der Waals surface area contributed by atoms with E-state index in [0.717, 1.165) is 35.6 Å². The van der Waals surface area contributed by atoms with E-state index in [2.05, 4.69) is 5.32 Å². The lowest BCUT2D eigenvalue weighted by Gasteiger charge is -2.34. The number of anilines is 1. The van der Waals surface area contributed by atoms with Crippen LogP contribution in [0.2, 0.25) is 0 Å². The summed E-state index contributed by atoms with van der Waals surface area (Å²) in [7, 11) is -4.26. The minimum Gasteiger partial charge on any atom is -0.457 e. The number of amides is 2. The molecule has 1 aliphatic rings. The van der Waals surface area contributed by atoms with Gasteiger partial charge in [-0.1, -0.05) is 91.7 Å². The van der Waals surface area contributed by atoms with Crippen LogP contribution in [0.1, 0.15) is 36.8 Å². The number of para-hydroxylation sites is 1. The summed E-state index contributed by atoms with van der Waals surface area (Å²) in [6, 6.07) is 37.7. The van der Waals surface area contributed by atoms with Crippen molar-refractivity contribution in [2.45, 2.75) is 55.6 Å². The Hall–Kier alpha value is -5.48. The van der Waals surface area contributed by atoms with E-state index in [-0.39, 0.29) is 35.5 Å². The fraction of sp³-hybridized carbons (Fsp3) is 0.220. The molecule has 0 bridgehead atoms. The molecule has 51 heavy (non-hydrogen) atoms. The topological polar surface area (TPSA) is 96.0 Å². The molecule has 0 heterocycles. The second-order valence-corrected chi connectivity index (χ2v) is 14.4. The predicted octanol–water partition coefficient (Wildman–Crippen LogP) is 7.51. The number of rotatable bonds is 14. The highest BCUT2D eigenvalue weighted by Gasteiger charge is 2.35. The van der Waals surface area contributed by atoms with Crippen molar-refractivity contribution in [2.24, 2.45) is 0 Å². The second-order valence-electron chi connectivity index (χ2n) is 12.6. The molecule has 0 aliphatic heterocycles. The Morgan fingerprint density at radius 1 is 0.725 bits per heavy atom. The lowest BCUT2D eigenvalue weighted by atomic mass is 10.0. The monoisotopic (exact) mass is 705 g/mol. The lowest BCUT2D eigenvalue weighted by Crippen LogP contribution is -2.54. The van der Waals surface area contributed by atoms with Crippen LogP contribution in [-0.4, -0.2) is 43.8 Å². The standard InChI is InChI=1S/C41H40FN3O5S/c42-33-22-20-32(21-23-33)29-44(39(28-31-12-4-1-5-13-31)41(47)43-34-14-10-11-15-34)40(46)30-45(51(48,49)38-18-8-3-9-19-38)35-24-26-37(27-25-35)50-36-16-6-2-7-17-36/h1-9,12-13,16-27,34,39H,10-11,14-15,28-30H2,(H,43,47). The predicted molar refractivity (Wildman–Crippen MR) is 195 cm³/mol. The molecule has 0 radical (unpaired) electrons. The van der Waals surface area contributed by atoms with Gasteiger partial charge in [-0.25, -0.2) is 12.8 Å². The van der Waals surface area contributed by atoms with Crippen molar-refractivity contribution in [1.82, 2.24) is 10.2 Å². The summed E-state index contributed by atoms with van der Waals surface area (Å²) >= 11 is 0. The van der Waals surface area contributed by atoms with E-state index in [1.54, 1.807) is 54.6 Å². The van der Waals surface area contributed by atoms with Crippen LogP contribution < -0.4 is 14.4 Å². The van der Waals surface area contributed by atoms with Crippen LogP contribution >= 0.6 is 0 Å². The van der Waals surface area contributed by atoms with Gasteiger partial charge in [0.25, 0.3) is 10.0 Å². The van der Waals surface area contributed by atoms with Crippen LogP contribution in [0, 0.1) is 5.82 Å². The van der Waals surface area contributed by atoms with Crippen molar-refractivity contribution in [3.63, 3.8) is 0 Å². The zero-order valence-corrected chi connectivity index (χ0v) is 28.9. The molecule has 0 saturated heterocycles. The molecule has 1 unspecified atom stereocenters. The Kier molecular flexibility index (Phi) is 11.4. The van der Waals surface area contributed by atoms with Gasteiger partial charge in [0.15, 0.2) is 0 Å². The largest absolute Gasteiger partial charge is 0.457 e. The third kappa shape index (κ3) is 9.20. The fourth-order valence-corrected chi connectivity index (χ4v) is 7.70. The maximum atomic E-state index is 14.7. The molecule has 2 amide bonds. The number of carbonyl (C=O) groups is 2. The molecule has 262 valence electrons. The first-order valence-electron chi connectivity index (χ1n) is 17.1. The number of nitrogens with zero attached hydrogens (tertiary/aromatic N) is 2. The zero-order valence-electron chi connectivity index (χ0n) is 28.1. The summed E-state index contributed by atoms with van der Waals surface area (Å²) in [6.07, 6.45) is 3.91. The van der Waals surface area contributed by atoms with Gasteiger partial charge in [-0.15, -0.1) is 0 Å². The van der Waals surface area contributed by atoms with E-state index in [0.29, 0.717) is 17.1 Å². The number of benzene rings is 5. The molecule has 1 saturated carbocycles. The molecule has 1 N–H and O–H groups in total. The second kappa shape index (κ2) is 16.5. The molecule has 1 atom stereocenters. The molecule has 1 aliphatic carbocycles. The minimum atomic E-state index is -4.26. The number of hydrogen-bond acceptors (Lipinski definition) is 5. The Bertz CT molecular complexity index is 1990. The van der Waals surface area contributed by atoms with Gasteiger partial charge in [0, 0.05) is 19.0 Å². The molecule has 0 spiro atoms. The quantitative estimate of drug-likeness (QED) is 0.129. The zero-order chi connectivity index (χ0) is 35.6. The first-order chi connectivity index (χ1) is 24.8. The van der Waals surface area contributed by atoms with Crippen LogP contribution in [-0.2, 0) is 32.6 Å². The summed E-state index contributed by atoms with van der Waals surface area (Å²) in [5.41, 5.74) is 1.67. The molecular formula is C41H40FN3O5S. The van der Waals surface area contributed by atoms with Gasteiger partial charge in [0.05, 0.1) is 10.6 Å². The number of sulfonamides is 1. The Morgan fingerprint density at radius 3 is 1.92 bits per heavy atom. The third-order valence-corrected chi connectivity index (χ3v) is 10.7. The van der Waals surface area contributed by atoms with Crippen molar-refractivity contribution < 1.29 is 27.1 Å². The summed E-state index contributed by atoms with van der Waals surface area (Å²) in [5, 5.41) is 3.16. The normalized spacial score (nSPS) is 13.7. The first kappa shape index (κ1) is 35.3. The SMILES string of the molecule is O=C(NC1CCCC1)C(Cc1ccccc1)N(Cc1ccc(F)cc1)C(=O)CN(c1ccc(Oc2ccccc2)cc1)S(=O)(=O)c1ccccc1. The van der Waals surface area contributed by atoms with Crippen LogP contribution in [0.15, 0.2) is 144 Å². The molecule has 10 heteroatoms. The van der Waals surface area contributed by atoms with Gasteiger partial charge in [-0.3, -0.25) is 13.9 Å². The fourth-order valence-electron chi connectivity index (χ4n) is 6.26. The van der Waals surface area contributed by atoms with Gasteiger partial charge in [-0.2, -0.15) is 0 Å². The summed E-state index contributed by atoms with van der Waals surface area (Å²) in [6.45, 7) is -0.642. The van der Waals surface area contributed by atoms with Gasteiger partial charge >= 0.3 is 0 Å². The van der Waals surface area contributed by atoms with E-state index < -0.39 is 34.3 Å².